The number of nitrogens with zero attached hydrogens (tertiary/aromatic N) is 1. The van der Waals surface area contributed by atoms with Crippen LogP contribution in [0.2, 0.25) is 0 Å². The molecule has 3 atom stereocenters. The van der Waals surface area contributed by atoms with E-state index < -0.39 is 0 Å². The van der Waals surface area contributed by atoms with Crippen molar-refractivity contribution in [3.8, 4) is 0 Å². The summed E-state index contributed by atoms with van der Waals surface area (Å²) in [6.45, 7) is 4.66. The molecule has 1 fully saturated rings. The van der Waals surface area contributed by atoms with E-state index in [-0.39, 0.29) is 23.8 Å². The van der Waals surface area contributed by atoms with Crippen LogP contribution in [-0.2, 0) is 4.79 Å². The van der Waals surface area contributed by atoms with Crippen LogP contribution in [0.25, 0.3) is 0 Å². The number of aryl methyl sites for hydroxylation is 1. The number of carbonyl (C=O) groups is 2. The fourth-order valence-electron chi connectivity index (χ4n) is 3.31. The number of hydrogen-bond acceptors (Lipinski definition) is 3. The van der Waals surface area contributed by atoms with E-state index in [0.29, 0.717) is 18.0 Å². The van der Waals surface area contributed by atoms with E-state index in [1.165, 1.54) is 11.1 Å². The molecule has 0 radical (unpaired) electrons. The van der Waals surface area contributed by atoms with Gasteiger partial charge in [0.15, 0.2) is 0 Å². The first-order valence-electron chi connectivity index (χ1n) is 9.77. The minimum absolute atomic E-state index is 0.0663. The maximum absolute atomic E-state index is 12.5. The van der Waals surface area contributed by atoms with Crippen LogP contribution in [-0.4, -0.2) is 37.4 Å². The predicted octanol–water partition coefficient (Wildman–Crippen LogP) is 3.62. The SMILES string of the molecule is Cc1ccc(C(CNC(=O)c2ccc(NC(=O)C3CC3C)cc2)N(C)C)cc1. The molecule has 2 amide bonds. The first-order valence-corrected chi connectivity index (χ1v) is 9.77. The number of carbonyl (C=O) groups excluding carboxylic acids is 2. The Bertz CT molecular complexity index is 828. The van der Waals surface area contributed by atoms with Crippen LogP contribution >= 0.6 is 0 Å². The molecule has 0 spiro atoms. The highest BCUT2D eigenvalue weighted by Crippen LogP contribution is 2.38. The van der Waals surface area contributed by atoms with Gasteiger partial charge in [0.1, 0.15) is 0 Å². The first kappa shape index (κ1) is 20.1. The highest BCUT2D eigenvalue weighted by Gasteiger charge is 2.39. The van der Waals surface area contributed by atoms with Crippen LogP contribution in [0.3, 0.4) is 0 Å². The highest BCUT2D eigenvalue weighted by atomic mass is 16.2. The lowest BCUT2D eigenvalue weighted by Crippen LogP contribution is -2.34. The summed E-state index contributed by atoms with van der Waals surface area (Å²) in [5.74, 6) is 0.556. The molecule has 3 rings (SSSR count). The van der Waals surface area contributed by atoms with Gasteiger partial charge in [-0.2, -0.15) is 0 Å². The Kier molecular flexibility index (Phi) is 6.15. The number of anilines is 1. The molecule has 2 aromatic rings. The van der Waals surface area contributed by atoms with Crippen LogP contribution in [0.5, 0.6) is 0 Å². The van der Waals surface area contributed by atoms with Gasteiger partial charge in [0, 0.05) is 23.7 Å². The number of amides is 2. The second-order valence-electron chi connectivity index (χ2n) is 7.99. The number of benzene rings is 2. The second-order valence-corrected chi connectivity index (χ2v) is 7.99. The molecule has 1 aliphatic rings. The topological polar surface area (TPSA) is 61.4 Å². The maximum Gasteiger partial charge on any atom is 0.251 e. The summed E-state index contributed by atoms with van der Waals surface area (Å²) < 4.78 is 0. The van der Waals surface area contributed by atoms with Crippen LogP contribution in [0.1, 0.15) is 40.9 Å². The standard InChI is InChI=1S/C23H29N3O2/c1-15-5-7-17(8-6-15)21(26(3)4)14-24-22(27)18-9-11-19(12-10-18)25-23(28)20-13-16(20)2/h5-12,16,20-21H,13-14H2,1-4H3,(H,24,27)(H,25,28). The van der Waals surface area contributed by atoms with Gasteiger partial charge in [0.05, 0.1) is 6.04 Å². The summed E-state index contributed by atoms with van der Waals surface area (Å²) in [5.41, 5.74) is 3.70. The third-order valence-electron chi connectivity index (χ3n) is 5.40. The van der Waals surface area contributed by atoms with Gasteiger partial charge in [-0.05, 0) is 63.2 Å². The van der Waals surface area contributed by atoms with Crippen LogP contribution < -0.4 is 10.6 Å². The molecule has 2 aromatic carbocycles. The van der Waals surface area contributed by atoms with Crippen molar-refractivity contribution in [3.63, 3.8) is 0 Å². The third kappa shape index (κ3) is 4.98. The summed E-state index contributed by atoms with van der Waals surface area (Å²) in [7, 11) is 4.02. The van der Waals surface area contributed by atoms with Gasteiger partial charge in [-0.3, -0.25) is 9.59 Å². The Balaban J connectivity index is 1.57. The molecule has 1 aliphatic carbocycles. The smallest absolute Gasteiger partial charge is 0.251 e. The van der Waals surface area contributed by atoms with E-state index in [4.69, 9.17) is 0 Å². The molecule has 0 aromatic heterocycles. The van der Waals surface area contributed by atoms with Gasteiger partial charge >= 0.3 is 0 Å². The molecule has 0 heterocycles. The number of likely N-dealkylation sites (N-methyl/N-ethyl adjacent to an activating group) is 1. The summed E-state index contributed by atoms with van der Waals surface area (Å²) in [6, 6.07) is 15.5. The van der Waals surface area contributed by atoms with Gasteiger partial charge in [0.2, 0.25) is 5.91 Å². The zero-order valence-corrected chi connectivity index (χ0v) is 17.0. The second kappa shape index (κ2) is 8.57. The quantitative estimate of drug-likeness (QED) is 0.772. The van der Waals surface area contributed by atoms with E-state index in [2.05, 4.69) is 53.6 Å². The van der Waals surface area contributed by atoms with Crippen molar-refractivity contribution in [2.75, 3.05) is 26.0 Å². The van der Waals surface area contributed by atoms with Gasteiger partial charge < -0.3 is 15.5 Å². The van der Waals surface area contributed by atoms with Crippen molar-refractivity contribution in [2.24, 2.45) is 11.8 Å². The third-order valence-corrected chi connectivity index (χ3v) is 5.40. The molecule has 3 unspecified atom stereocenters. The minimum Gasteiger partial charge on any atom is -0.350 e. The average Bonchev–Trinajstić information content (AvgIpc) is 3.40. The first-order chi connectivity index (χ1) is 13.3. The van der Waals surface area contributed by atoms with Crippen molar-refractivity contribution in [3.05, 3.63) is 65.2 Å². The predicted molar refractivity (Wildman–Crippen MR) is 112 cm³/mol. The Morgan fingerprint density at radius 1 is 1.07 bits per heavy atom. The van der Waals surface area contributed by atoms with Crippen LogP contribution in [0.4, 0.5) is 5.69 Å². The van der Waals surface area contributed by atoms with E-state index >= 15 is 0 Å². The minimum atomic E-state index is -0.118. The number of hydrogen-bond donors (Lipinski definition) is 2. The lowest BCUT2D eigenvalue weighted by molar-refractivity contribution is -0.117. The van der Waals surface area contributed by atoms with Gasteiger partial charge in [-0.25, -0.2) is 0 Å². The van der Waals surface area contributed by atoms with Gasteiger partial charge in [-0.1, -0.05) is 36.8 Å². The summed E-state index contributed by atoms with van der Waals surface area (Å²) in [6.07, 6.45) is 0.959. The van der Waals surface area contributed by atoms with E-state index in [9.17, 15) is 9.59 Å². The molecule has 0 bridgehead atoms. The summed E-state index contributed by atoms with van der Waals surface area (Å²) in [4.78, 5) is 26.6. The van der Waals surface area contributed by atoms with E-state index in [0.717, 1.165) is 12.1 Å². The normalized spacial score (nSPS) is 19.2. The maximum atomic E-state index is 12.5. The molecular weight excluding hydrogens is 350 g/mol. The largest absolute Gasteiger partial charge is 0.350 e. The molecule has 0 aliphatic heterocycles. The molecule has 28 heavy (non-hydrogen) atoms. The average molecular weight is 380 g/mol. The van der Waals surface area contributed by atoms with Crippen molar-refractivity contribution in [1.29, 1.82) is 0 Å². The molecule has 0 saturated heterocycles. The Morgan fingerprint density at radius 2 is 1.68 bits per heavy atom. The number of nitrogens with one attached hydrogen (secondary N) is 2. The summed E-state index contributed by atoms with van der Waals surface area (Å²) >= 11 is 0. The fraction of sp³-hybridized carbons (Fsp3) is 0.391. The molecule has 5 nitrogen and oxygen atoms in total. The van der Waals surface area contributed by atoms with E-state index in [1.807, 2.05) is 14.1 Å². The van der Waals surface area contributed by atoms with Crippen molar-refractivity contribution in [1.82, 2.24) is 10.2 Å². The zero-order chi connectivity index (χ0) is 20.3. The van der Waals surface area contributed by atoms with E-state index in [1.54, 1.807) is 24.3 Å². The number of rotatable bonds is 7. The lowest BCUT2D eigenvalue weighted by atomic mass is 10.0. The van der Waals surface area contributed by atoms with Gasteiger partial charge in [-0.15, -0.1) is 0 Å². The monoisotopic (exact) mass is 379 g/mol. The molecule has 2 N–H and O–H groups in total. The van der Waals surface area contributed by atoms with Crippen molar-refractivity contribution >= 4 is 17.5 Å². The lowest BCUT2D eigenvalue weighted by Gasteiger charge is -2.25. The van der Waals surface area contributed by atoms with Gasteiger partial charge in [0.25, 0.3) is 5.91 Å². The Labute approximate surface area is 167 Å². The molecular formula is C23H29N3O2. The van der Waals surface area contributed by atoms with Crippen LogP contribution in [0.15, 0.2) is 48.5 Å². The molecule has 5 heteroatoms. The van der Waals surface area contributed by atoms with Crippen molar-refractivity contribution < 1.29 is 9.59 Å². The Morgan fingerprint density at radius 3 is 2.21 bits per heavy atom. The summed E-state index contributed by atoms with van der Waals surface area (Å²) in [5, 5.41) is 5.93. The van der Waals surface area contributed by atoms with Crippen molar-refractivity contribution in [2.45, 2.75) is 26.3 Å². The van der Waals surface area contributed by atoms with Crippen LogP contribution in [0, 0.1) is 18.8 Å². The molecule has 1 saturated carbocycles. The molecule has 148 valence electrons. The zero-order valence-electron chi connectivity index (χ0n) is 17.0. The highest BCUT2D eigenvalue weighted by molar-refractivity contribution is 5.97. The fourth-order valence-corrected chi connectivity index (χ4v) is 3.31. The Hall–Kier alpha value is -2.66.